The largest absolute Gasteiger partial charge is 0.345 e. The molecule has 0 aromatic carbocycles. The zero-order valence-electron chi connectivity index (χ0n) is 24.3. The Morgan fingerprint density at radius 2 is 1.69 bits per heavy atom. The molecule has 5 rings (SSSR count). The van der Waals surface area contributed by atoms with Gasteiger partial charge in [0.05, 0.1) is 6.57 Å². The molecule has 5 aliphatic rings. The van der Waals surface area contributed by atoms with E-state index in [1.165, 1.54) is 0 Å². The van der Waals surface area contributed by atoms with Crippen molar-refractivity contribution in [1.29, 1.82) is 0 Å². The van der Waals surface area contributed by atoms with Gasteiger partial charge in [0.15, 0.2) is 11.6 Å². The molecular weight excluding hydrogens is 498 g/mol. The summed E-state index contributed by atoms with van der Waals surface area (Å²) in [5.41, 5.74) is -1.13. The van der Waals surface area contributed by atoms with Crippen molar-refractivity contribution in [3.05, 3.63) is 34.8 Å². The zero-order chi connectivity index (χ0) is 29.0. The Labute approximate surface area is 231 Å². The molecule has 0 saturated heterocycles. The molecule has 3 saturated carbocycles. The molecule has 1 N–H and O–H groups in total. The molecule has 3 fully saturated rings. The van der Waals surface area contributed by atoms with Crippen molar-refractivity contribution in [2.75, 3.05) is 0 Å². The molecule has 7 heteroatoms. The lowest BCUT2D eigenvalue weighted by atomic mass is 9.36. The van der Waals surface area contributed by atoms with Crippen LogP contribution in [-0.2, 0) is 14.4 Å². The molecule has 1 amide bonds. The van der Waals surface area contributed by atoms with Gasteiger partial charge in [-0.05, 0) is 79.1 Å². The summed E-state index contributed by atoms with van der Waals surface area (Å²) in [7, 11) is 0. The number of carbonyl (C=O) groups is 3. The second kappa shape index (κ2) is 8.33. The normalized spacial score (nSPS) is 44.9. The Kier molecular flexibility index (Phi) is 6.02. The van der Waals surface area contributed by atoms with Crippen LogP contribution in [0.15, 0.2) is 23.4 Å². The summed E-state index contributed by atoms with van der Waals surface area (Å²) in [6, 6.07) is 0. The van der Waals surface area contributed by atoms with Gasteiger partial charge in [0.1, 0.15) is 0 Å². The number of hydrogen-bond acceptors (Lipinski definition) is 3. The first kappa shape index (κ1) is 28.2. The van der Waals surface area contributed by atoms with Crippen LogP contribution in [-0.4, -0.2) is 28.9 Å². The highest BCUT2D eigenvalue weighted by Gasteiger charge is 2.69. The number of rotatable bonds is 2. The fourth-order valence-electron chi connectivity index (χ4n) is 9.78. The summed E-state index contributed by atoms with van der Waals surface area (Å²) >= 11 is 0. The van der Waals surface area contributed by atoms with Crippen molar-refractivity contribution in [2.24, 2.45) is 45.3 Å². The summed E-state index contributed by atoms with van der Waals surface area (Å²) < 4.78 is 28.3. The van der Waals surface area contributed by atoms with E-state index in [0.29, 0.717) is 32.6 Å². The number of amides is 1. The maximum absolute atomic E-state index is 14.3. The molecule has 5 nitrogen and oxygen atoms in total. The zero-order valence-corrected chi connectivity index (χ0v) is 24.3. The summed E-state index contributed by atoms with van der Waals surface area (Å²) in [4.78, 5) is 43.5. The highest BCUT2D eigenvalue weighted by atomic mass is 19.3. The third-order valence-electron chi connectivity index (χ3n) is 12.3. The van der Waals surface area contributed by atoms with Crippen LogP contribution >= 0.6 is 0 Å². The van der Waals surface area contributed by atoms with Gasteiger partial charge in [-0.15, -0.1) is 0 Å². The quantitative estimate of drug-likeness (QED) is 0.397. The van der Waals surface area contributed by atoms with Crippen LogP contribution in [0.4, 0.5) is 8.78 Å². The predicted octanol–water partition coefficient (Wildman–Crippen LogP) is 6.69. The summed E-state index contributed by atoms with van der Waals surface area (Å²) in [6.07, 6.45) is 8.51. The smallest absolute Gasteiger partial charge is 0.321 e. The Hall–Kier alpha value is -2.36. The third kappa shape index (κ3) is 3.75. The molecule has 8 atom stereocenters. The van der Waals surface area contributed by atoms with Crippen molar-refractivity contribution in [1.82, 2.24) is 5.32 Å². The van der Waals surface area contributed by atoms with Gasteiger partial charge < -0.3 is 10.1 Å². The number of hydrogen-bond donors (Lipinski definition) is 1. The van der Waals surface area contributed by atoms with Crippen LogP contribution in [0.5, 0.6) is 0 Å². The van der Waals surface area contributed by atoms with Gasteiger partial charge in [-0.3, -0.25) is 9.59 Å². The monoisotopic (exact) mass is 540 g/mol. The van der Waals surface area contributed by atoms with Gasteiger partial charge in [0.25, 0.3) is 5.91 Å². The van der Waals surface area contributed by atoms with Crippen molar-refractivity contribution in [3.8, 4) is 0 Å². The van der Waals surface area contributed by atoms with Crippen LogP contribution in [0, 0.1) is 51.9 Å². The fourth-order valence-corrected chi connectivity index (χ4v) is 9.78. The summed E-state index contributed by atoms with van der Waals surface area (Å²) in [6.45, 7) is 21.0. The average molecular weight is 541 g/mol. The second-order valence-electron chi connectivity index (χ2n) is 14.9. The number of halogens is 2. The predicted molar refractivity (Wildman–Crippen MR) is 144 cm³/mol. The van der Waals surface area contributed by atoms with E-state index in [4.69, 9.17) is 6.57 Å². The van der Waals surface area contributed by atoms with Crippen molar-refractivity contribution in [2.45, 2.75) is 105 Å². The molecule has 0 unspecified atom stereocenters. The van der Waals surface area contributed by atoms with E-state index >= 15 is 0 Å². The van der Waals surface area contributed by atoms with E-state index in [1.807, 2.05) is 13.0 Å². The van der Waals surface area contributed by atoms with Gasteiger partial charge in [0, 0.05) is 29.7 Å². The van der Waals surface area contributed by atoms with E-state index in [-0.39, 0.29) is 45.8 Å². The van der Waals surface area contributed by atoms with E-state index in [1.54, 1.807) is 6.08 Å². The number of fused-ring (bicyclic) bond motifs is 7. The standard InChI is InChI=1S/C32H42F2N2O3/c1-18-19-9-10-29(5)23(28(19,4)17-21(35-8)25(18)38)15-22(37)24-20-16-27(2,3)11-13-32(20,14-12-30(24,29)6)36-26(39)31(7,33)34/h15,17-20,24H,9-14,16H2,1-7H3,(H,36,39)/t18-,19-,20-,24-,28-,29+,30+,32-/m0/s1. The van der Waals surface area contributed by atoms with E-state index in [9.17, 15) is 23.2 Å². The third-order valence-corrected chi connectivity index (χ3v) is 12.3. The highest BCUT2D eigenvalue weighted by Crippen LogP contribution is 2.72. The van der Waals surface area contributed by atoms with Crippen LogP contribution in [0.1, 0.15) is 93.4 Å². The van der Waals surface area contributed by atoms with Gasteiger partial charge in [0.2, 0.25) is 5.70 Å². The Morgan fingerprint density at radius 1 is 1.05 bits per heavy atom. The fraction of sp³-hybridized carbons (Fsp3) is 0.750. The molecule has 0 heterocycles. The average Bonchev–Trinajstić information content (AvgIpc) is 2.83. The Morgan fingerprint density at radius 3 is 2.31 bits per heavy atom. The Bertz CT molecular complexity index is 1250. The topological polar surface area (TPSA) is 67.6 Å². The highest BCUT2D eigenvalue weighted by molar-refractivity contribution is 6.01. The molecule has 0 spiro atoms. The SMILES string of the molecule is [C-]#[N+]C1=C[C@]2(C)C3=CC(=O)[C@@H]4[C@@H]5CC(C)(C)CC[C@]5(NC(=O)C(C)(F)F)CC[C@@]4(C)[C@]3(C)CC[C@H]2[C@H](C)C1=O. The van der Waals surface area contributed by atoms with Gasteiger partial charge in [-0.1, -0.05) is 53.2 Å². The lowest BCUT2D eigenvalue weighted by Gasteiger charge is -2.68. The van der Waals surface area contributed by atoms with E-state index in [2.05, 4.69) is 44.8 Å². The van der Waals surface area contributed by atoms with E-state index in [0.717, 1.165) is 24.8 Å². The number of nitrogens with zero attached hydrogens (tertiary/aromatic N) is 1. The lowest BCUT2D eigenvalue weighted by molar-refractivity contribution is -0.167. The minimum absolute atomic E-state index is 0.00144. The van der Waals surface area contributed by atoms with Gasteiger partial charge in [-0.2, -0.15) is 8.78 Å². The molecule has 0 bridgehead atoms. The first-order valence-electron chi connectivity index (χ1n) is 14.5. The molecule has 5 aliphatic carbocycles. The maximum Gasteiger partial charge on any atom is 0.321 e. The Balaban J connectivity index is 1.65. The molecule has 0 radical (unpaired) electrons. The number of alkyl halides is 2. The van der Waals surface area contributed by atoms with Gasteiger partial charge >= 0.3 is 5.92 Å². The minimum Gasteiger partial charge on any atom is -0.345 e. The van der Waals surface area contributed by atoms with Crippen LogP contribution in [0.3, 0.4) is 0 Å². The van der Waals surface area contributed by atoms with E-state index < -0.39 is 34.1 Å². The number of ketones is 2. The van der Waals surface area contributed by atoms with Crippen molar-refractivity contribution in [3.63, 3.8) is 0 Å². The van der Waals surface area contributed by atoms with Crippen molar-refractivity contribution >= 4 is 17.5 Å². The van der Waals surface area contributed by atoms with Crippen LogP contribution < -0.4 is 5.32 Å². The molecule has 0 aliphatic heterocycles. The number of allylic oxidation sites excluding steroid dienone is 4. The maximum atomic E-state index is 14.3. The first-order chi connectivity index (χ1) is 17.9. The number of nitrogens with one attached hydrogen (secondary N) is 1. The summed E-state index contributed by atoms with van der Waals surface area (Å²) in [5.74, 6) is -5.79. The number of carbonyl (C=O) groups excluding carboxylic acids is 3. The van der Waals surface area contributed by atoms with Crippen LogP contribution in [0.25, 0.3) is 4.85 Å². The van der Waals surface area contributed by atoms with Crippen molar-refractivity contribution < 1.29 is 23.2 Å². The molecular formula is C32H42F2N2O3. The van der Waals surface area contributed by atoms with Gasteiger partial charge in [-0.25, -0.2) is 4.85 Å². The molecule has 212 valence electrons. The number of Topliss-reactive ketones (excluding diaryl/α,β-unsaturated/α-hetero) is 1. The molecule has 0 aromatic heterocycles. The lowest BCUT2D eigenvalue weighted by Crippen LogP contribution is -2.70. The van der Waals surface area contributed by atoms with Crippen LogP contribution in [0.2, 0.25) is 0 Å². The molecule has 39 heavy (non-hydrogen) atoms. The summed E-state index contributed by atoms with van der Waals surface area (Å²) in [5, 5.41) is 2.80. The second-order valence-corrected chi connectivity index (χ2v) is 14.9. The first-order valence-corrected chi connectivity index (χ1v) is 14.5. The molecule has 0 aromatic rings. The minimum atomic E-state index is -3.49.